The Kier molecular flexibility index (Phi) is 24.2. The number of rotatable bonds is 30. The Hall–Kier alpha value is -8.01. The molecule has 9 amide bonds. The first kappa shape index (κ1) is 61.3. The standard InChI is InChI=1S/C48H67N11O16/c1-23(2)38(59-46(72)36(22-62)57-42(68)32(15-16-37(63)64)54-41(67)30(49)17-27-11-7-6-8-12-27)47(73)52-25(4)39(65)55-33(18-28-19-50-31-14-10-9-13-29(28)31)43(69)58-35(21-61)44(70)51-24(3)40(66)56-34(20-60)45(71)53-26(5)48(74)75/h6-14,19,23-26,30,32-36,38,50,60-62H,15-18,20-22,49H2,1-5H3,(H,51,70)(H,52,73)(H,53,71)(H,54,67)(H,55,65)(H,56,66)(H,57,68)(H,58,69)(H,59,72)(H,63,64)(H,74,75)/t24-,25-,26-,30-,32-,33-,34-,35-,36-,38-/m0/s1. The molecule has 0 bridgehead atoms. The minimum Gasteiger partial charge on any atom is -0.481 e. The van der Waals surface area contributed by atoms with Crippen LogP contribution < -0.4 is 53.6 Å². The number of carbonyl (C=O) groups excluding carboxylic acids is 9. The van der Waals surface area contributed by atoms with Gasteiger partial charge in [-0.3, -0.25) is 52.7 Å². The molecule has 27 heteroatoms. The van der Waals surface area contributed by atoms with E-state index in [0.29, 0.717) is 22.0 Å². The molecule has 2 aromatic carbocycles. The van der Waals surface area contributed by atoms with E-state index in [9.17, 15) is 73.2 Å². The molecule has 3 rings (SSSR count). The second-order valence-electron chi connectivity index (χ2n) is 17.9. The predicted molar refractivity (Wildman–Crippen MR) is 265 cm³/mol. The van der Waals surface area contributed by atoms with Crippen molar-refractivity contribution in [3.8, 4) is 0 Å². The molecule has 0 saturated carbocycles. The average molecular weight is 1050 g/mol. The number of carbonyl (C=O) groups is 11. The lowest BCUT2D eigenvalue weighted by molar-refractivity contribution is -0.142. The lowest BCUT2D eigenvalue weighted by Gasteiger charge is -2.28. The summed E-state index contributed by atoms with van der Waals surface area (Å²) in [6, 6.07) is 0.788. The fraction of sp³-hybridized carbons (Fsp3) is 0.479. The SMILES string of the molecule is CC(C)[C@H](NC(=O)[C@H](CO)NC(=O)[C@H](CCC(=O)O)NC(=O)[C@@H](N)Cc1ccccc1)C(=O)N[C@@H](C)C(=O)N[C@@H](Cc1c[nH]c2ccccc12)C(=O)N[C@@H](CO)C(=O)N[C@@H](C)C(=O)N[C@@H](CO)C(=O)N[C@@H](C)C(=O)O. The molecule has 17 N–H and O–H groups in total. The number of hydrogen-bond acceptors (Lipinski definition) is 15. The molecule has 0 unspecified atom stereocenters. The first-order valence-corrected chi connectivity index (χ1v) is 23.8. The van der Waals surface area contributed by atoms with Crippen LogP contribution in [-0.4, -0.2) is 176 Å². The molecule has 1 heterocycles. The molecule has 10 atom stereocenters. The monoisotopic (exact) mass is 1050 g/mol. The zero-order valence-electron chi connectivity index (χ0n) is 41.9. The quantitative estimate of drug-likeness (QED) is 0.0298. The molecule has 0 saturated heterocycles. The second kappa shape index (κ2) is 29.6. The molecule has 0 spiro atoms. The Morgan fingerprint density at radius 1 is 0.493 bits per heavy atom. The van der Waals surface area contributed by atoms with Crippen LogP contribution in [0.3, 0.4) is 0 Å². The van der Waals surface area contributed by atoms with Crippen molar-refractivity contribution in [3.63, 3.8) is 0 Å². The first-order chi connectivity index (χ1) is 35.4. The zero-order valence-corrected chi connectivity index (χ0v) is 41.9. The van der Waals surface area contributed by atoms with Gasteiger partial charge in [0, 0.05) is 29.9 Å². The Labute approximate surface area is 430 Å². The fourth-order valence-electron chi connectivity index (χ4n) is 7.14. The number of nitrogens with two attached hydrogens (primary N) is 1. The molecule has 27 nitrogen and oxygen atoms in total. The second-order valence-corrected chi connectivity index (χ2v) is 17.9. The zero-order chi connectivity index (χ0) is 56.1. The normalized spacial score (nSPS) is 15.1. The maximum atomic E-state index is 14.0. The molecule has 0 aliphatic rings. The van der Waals surface area contributed by atoms with Crippen LogP contribution in [0.4, 0.5) is 0 Å². The van der Waals surface area contributed by atoms with Gasteiger partial charge in [0.05, 0.1) is 25.9 Å². The van der Waals surface area contributed by atoms with Gasteiger partial charge in [-0.1, -0.05) is 62.4 Å². The number of carboxylic acid groups (broad SMARTS) is 2. The highest BCUT2D eigenvalue weighted by molar-refractivity contribution is 5.99. The molecule has 75 heavy (non-hydrogen) atoms. The number of aliphatic carboxylic acids is 2. The summed E-state index contributed by atoms with van der Waals surface area (Å²) < 4.78 is 0. The largest absolute Gasteiger partial charge is 0.481 e. The topological polar surface area (TPSA) is 439 Å². The number of para-hydroxylation sites is 1. The molecule has 1 aromatic heterocycles. The Morgan fingerprint density at radius 3 is 1.45 bits per heavy atom. The van der Waals surface area contributed by atoms with Gasteiger partial charge in [-0.05, 0) is 56.7 Å². The third-order valence-electron chi connectivity index (χ3n) is 11.6. The molecule has 3 aromatic rings. The van der Waals surface area contributed by atoms with Crippen LogP contribution in [0.25, 0.3) is 10.9 Å². The van der Waals surface area contributed by atoms with Crippen LogP contribution in [0.15, 0.2) is 60.8 Å². The van der Waals surface area contributed by atoms with Gasteiger partial charge in [0.25, 0.3) is 0 Å². The van der Waals surface area contributed by atoms with Crippen molar-refractivity contribution in [1.29, 1.82) is 0 Å². The van der Waals surface area contributed by atoms with Gasteiger partial charge in [-0.2, -0.15) is 0 Å². The van der Waals surface area contributed by atoms with E-state index in [4.69, 9.17) is 10.8 Å². The van der Waals surface area contributed by atoms with Crippen LogP contribution >= 0.6 is 0 Å². The van der Waals surface area contributed by atoms with Gasteiger partial charge in [0.2, 0.25) is 53.2 Å². The number of nitrogens with one attached hydrogen (secondary N) is 10. The fourth-order valence-corrected chi connectivity index (χ4v) is 7.14. The molecule has 0 aliphatic carbocycles. The molecule has 0 radical (unpaired) electrons. The Morgan fingerprint density at radius 2 is 0.933 bits per heavy atom. The van der Waals surface area contributed by atoms with Crippen molar-refractivity contribution in [2.24, 2.45) is 11.7 Å². The Bertz CT molecular complexity index is 2510. The summed E-state index contributed by atoms with van der Waals surface area (Å²) in [5.41, 5.74) is 7.97. The van der Waals surface area contributed by atoms with Gasteiger partial charge in [-0.25, -0.2) is 0 Å². The van der Waals surface area contributed by atoms with Crippen molar-refractivity contribution < 1.29 is 78.3 Å². The van der Waals surface area contributed by atoms with E-state index >= 15 is 0 Å². The lowest BCUT2D eigenvalue weighted by Crippen LogP contribution is -2.61. The molecule has 0 aliphatic heterocycles. The highest BCUT2D eigenvalue weighted by Crippen LogP contribution is 2.19. The van der Waals surface area contributed by atoms with E-state index in [0.717, 1.165) is 6.92 Å². The van der Waals surface area contributed by atoms with Gasteiger partial charge in [0.1, 0.15) is 54.4 Å². The minimum atomic E-state index is -1.74. The molecular weight excluding hydrogens is 987 g/mol. The van der Waals surface area contributed by atoms with Crippen LogP contribution in [0, 0.1) is 5.92 Å². The third-order valence-corrected chi connectivity index (χ3v) is 11.6. The van der Waals surface area contributed by atoms with Gasteiger partial charge in [-0.15, -0.1) is 0 Å². The average Bonchev–Trinajstić information content (AvgIpc) is 3.78. The summed E-state index contributed by atoms with van der Waals surface area (Å²) in [6.45, 7) is 3.70. The number of carboxylic acids is 2. The van der Waals surface area contributed by atoms with Crippen molar-refractivity contribution in [2.45, 2.75) is 121 Å². The number of hydrogen-bond donors (Lipinski definition) is 16. The van der Waals surface area contributed by atoms with E-state index in [2.05, 4.69) is 52.8 Å². The number of fused-ring (bicyclic) bond motifs is 1. The number of H-pyrrole nitrogens is 1. The predicted octanol–water partition coefficient (Wildman–Crippen LogP) is -4.71. The number of benzene rings is 2. The van der Waals surface area contributed by atoms with Crippen LogP contribution in [0.5, 0.6) is 0 Å². The number of amides is 9. The van der Waals surface area contributed by atoms with E-state index in [1.54, 1.807) is 60.8 Å². The van der Waals surface area contributed by atoms with Gasteiger partial charge in [0.15, 0.2) is 0 Å². The highest BCUT2D eigenvalue weighted by Gasteiger charge is 2.35. The van der Waals surface area contributed by atoms with Crippen molar-refractivity contribution in [3.05, 3.63) is 71.9 Å². The van der Waals surface area contributed by atoms with Crippen molar-refractivity contribution in [2.75, 3.05) is 19.8 Å². The molecular formula is C48H67N11O16. The summed E-state index contributed by atoms with van der Waals surface area (Å²) in [5, 5.41) is 69.9. The maximum absolute atomic E-state index is 14.0. The maximum Gasteiger partial charge on any atom is 0.325 e. The number of aromatic amines is 1. The molecule has 410 valence electrons. The number of aliphatic hydroxyl groups is 3. The summed E-state index contributed by atoms with van der Waals surface area (Å²) in [6.07, 6.45) is 0.454. The summed E-state index contributed by atoms with van der Waals surface area (Å²) >= 11 is 0. The Balaban J connectivity index is 1.73. The van der Waals surface area contributed by atoms with Gasteiger partial charge < -0.3 is 84.1 Å². The minimum absolute atomic E-state index is 0.0815. The summed E-state index contributed by atoms with van der Waals surface area (Å²) in [7, 11) is 0. The number of aromatic nitrogens is 1. The van der Waals surface area contributed by atoms with Crippen molar-refractivity contribution >= 4 is 76.0 Å². The highest BCUT2D eigenvalue weighted by atomic mass is 16.4. The summed E-state index contributed by atoms with van der Waals surface area (Å²) in [5.74, 6) is -12.3. The first-order valence-electron chi connectivity index (χ1n) is 23.8. The molecule has 0 fully saturated rings. The third kappa shape index (κ3) is 19.1. The van der Waals surface area contributed by atoms with Crippen molar-refractivity contribution in [1.82, 2.24) is 52.8 Å². The van der Waals surface area contributed by atoms with Crippen LogP contribution in [0.2, 0.25) is 0 Å². The smallest absolute Gasteiger partial charge is 0.325 e. The van der Waals surface area contributed by atoms with Crippen LogP contribution in [-0.2, 0) is 65.6 Å². The number of aliphatic hydroxyl groups excluding tert-OH is 3. The lowest BCUT2D eigenvalue weighted by atomic mass is 10.0. The van der Waals surface area contributed by atoms with E-state index < -0.39 is 164 Å². The van der Waals surface area contributed by atoms with E-state index in [-0.39, 0.29) is 12.8 Å². The summed E-state index contributed by atoms with van der Waals surface area (Å²) in [4.78, 5) is 146. The van der Waals surface area contributed by atoms with E-state index in [1.165, 1.54) is 27.7 Å². The van der Waals surface area contributed by atoms with Crippen LogP contribution in [0.1, 0.15) is 58.6 Å². The van der Waals surface area contributed by atoms with E-state index in [1.807, 2.05) is 0 Å². The van der Waals surface area contributed by atoms with Gasteiger partial charge >= 0.3 is 11.9 Å².